The molecule has 1 aromatic heterocycles. The summed E-state index contributed by atoms with van der Waals surface area (Å²) in [6, 6.07) is 3.24. The van der Waals surface area contributed by atoms with Gasteiger partial charge in [-0.3, -0.25) is 0 Å². The molecule has 0 bridgehead atoms. The lowest BCUT2D eigenvalue weighted by atomic mass is 10.4. The number of carbonyl (C=O) groups excluding carboxylic acids is 1. The summed E-state index contributed by atoms with van der Waals surface area (Å²) in [7, 11) is 0. The summed E-state index contributed by atoms with van der Waals surface area (Å²) in [6.45, 7) is 1.96. The van der Waals surface area contributed by atoms with E-state index in [-0.39, 0.29) is 0 Å². The predicted octanol–water partition coefficient (Wildman–Crippen LogP) is 1.78. The molecule has 1 heterocycles. The van der Waals surface area contributed by atoms with Crippen molar-refractivity contribution in [3.63, 3.8) is 0 Å². The van der Waals surface area contributed by atoms with Crippen molar-refractivity contribution in [3.05, 3.63) is 28.0 Å². The van der Waals surface area contributed by atoms with Crippen molar-refractivity contribution < 1.29 is 4.79 Å². The Morgan fingerprint density at radius 3 is 2.93 bits per heavy atom. The highest BCUT2D eigenvalue weighted by Crippen LogP contribution is 2.15. The highest BCUT2D eigenvalue weighted by molar-refractivity contribution is 7.14. The largest absolute Gasteiger partial charge is 0.350 e. The Morgan fingerprint density at radius 1 is 1.57 bits per heavy atom. The van der Waals surface area contributed by atoms with Crippen molar-refractivity contribution in [2.45, 2.75) is 6.92 Å². The molecular formula is C9H11N3OS. The zero-order chi connectivity index (χ0) is 10.4. The van der Waals surface area contributed by atoms with Crippen LogP contribution in [0.15, 0.2) is 23.3 Å². The highest BCUT2D eigenvalue weighted by atomic mass is 32.1. The first-order chi connectivity index (χ1) is 6.72. The molecule has 0 fully saturated rings. The maximum absolute atomic E-state index is 10.3. The Labute approximate surface area is 86.1 Å². The smallest absolute Gasteiger partial charge is 0.332 e. The van der Waals surface area contributed by atoms with E-state index < -0.39 is 6.03 Å². The van der Waals surface area contributed by atoms with E-state index in [1.807, 2.05) is 31.2 Å². The van der Waals surface area contributed by atoms with Gasteiger partial charge in [-0.2, -0.15) is 5.10 Å². The fourth-order valence-corrected chi connectivity index (χ4v) is 1.70. The quantitative estimate of drug-likeness (QED) is 0.578. The first kappa shape index (κ1) is 10.5. The van der Waals surface area contributed by atoms with Crippen LogP contribution in [0.5, 0.6) is 0 Å². The topological polar surface area (TPSA) is 67.5 Å². The molecule has 0 unspecified atom stereocenters. The van der Waals surface area contributed by atoms with Crippen molar-refractivity contribution in [2.75, 3.05) is 0 Å². The van der Waals surface area contributed by atoms with Crippen LogP contribution >= 0.6 is 11.3 Å². The molecule has 1 aromatic rings. The molecule has 0 atom stereocenters. The normalized spacial score (nSPS) is 11.2. The molecule has 0 aliphatic carbocycles. The fraction of sp³-hybridized carbons (Fsp3) is 0.111. The Morgan fingerprint density at radius 2 is 2.29 bits per heavy atom. The molecule has 1 rings (SSSR count). The summed E-state index contributed by atoms with van der Waals surface area (Å²) in [5, 5.41) is 3.65. The summed E-state index contributed by atoms with van der Waals surface area (Å²) in [6.07, 6.45) is 5.53. The van der Waals surface area contributed by atoms with Crippen LogP contribution in [0.4, 0.5) is 4.79 Å². The second-order valence-electron chi connectivity index (χ2n) is 2.47. The number of hydrazone groups is 1. The number of urea groups is 1. The minimum absolute atomic E-state index is 0.661. The van der Waals surface area contributed by atoms with Crippen molar-refractivity contribution >= 4 is 29.7 Å². The molecule has 5 heteroatoms. The Hall–Kier alpha value is -1.62. The monoisotopic (exact) mass is 209 g/mol. The van der Waals surface area contributed by atoms with Crippen molar-refractivity contribution in [3.8, 4) is 0 Å². The number of thiophene rings is 1. The second kappa shape index (κ2) is 5.18. The molecule has 4 nitrogen and oxygen atoms in total. The van der Waals surface area contributed by atoms with E-state index in [2.05, 4.69) is 10.5 Å². The summed E-state index contributed by atoms with van der Waals surface area (Å²) < 4.78 is 0. The number of primary amides is 1. The van der Waals surface area contributed by atoms with Gasteiger partial charge in [0.05, 0.1) is 6.21 Å². The van der Waals surface area contributed by atoms with Crippen LogP contribution in [-0.2, 0) is 0 Å². The SMILES string of the molecule is C/C=C/c1ccc(/C=N/NC(N)=O)s1. The number of carbonyl (C=O) groups is 1. The van der Waals surface area contributed by atoms with E-state index in [9.17, 15) is 4.79 Å². The van der Waals surface area contributed by atoms with Crippen LogP contribution in [0.2, 0.25) is 0 Å². The molecule has 0 radical (unpaired) electrons. The van der Waals surface area contributed by atoms with Gasteiger partial charge in [-0.1, -0.05) is 6.08 Å². The van der Waals surface area contributed by atoms with E-state index in [0.717, 1.165) is 9.75 Å². The summed E-state index contributed by atoms with van der Waals surface area (Å²) in [5.41, 5.74) is 6.97. The molecular weight excluding hydrogens is 198 g/mol. The first-order valence-corrected chi connectivity index (χ1v) is 4.85. The van der Waals surface area contributed by atoms with Crippen LogP contribution in [-0.4, -0.2) is 12.2 Å². The van der Waals surface area contributed by atoms with Crippen LogP contribution in [0, 0.1) is 0 Å². The third kappa shape index (κ3) is 3.40. The summed E-state index contributed by atoms with van der Waals surface area (Å²) in [4.78, 5) is 12.4. The van der Waals surface area contributed by atoms with Gasteiger partial charge in [0.2, 0.25) is 0 Å². The molecule has 3 N–H and O–H groups in total. The van der Waals surface area contributed by atoms with Gasteiger partial charge in [-0.15, -0.1) is 11.3 Å². The summed E-state index contributed by atoms with van der Waals surface area (Å²) in [5.74, 6) is 0. The van der Waals surface area contributed by atoms with Gasteiger partial charge in [0.25, 0.3) is 0 Å². The Bertz CT molecular complexity index is 368. The minimum Gasteiger partial charge on any atom is -0.350 e. The van der Waals surface area contributed by atoms with Crippen LogP contribution in [0.1, 0.15) is 16.7 Å². The zero-order valence-electron chi connectivity index (χ0n) is 7.73. The van der Waals surface area contributed by atoms with Crippen molar-refractivity contribution in [1.82, 2.24) is 5.43 Å². The van der Waals surface area contributed by atoms with E-state index in [1.165, 1.54) is 0 Å². The maximum atomic E-state index is 10.3. The number of hydrogen-bond donors (Lipinski definition) is 2. The first-order valence-electron chi connectivity index (χ1n) is 4.03. The number of nitrogens with zero attached hydrogens (tertiary/aromatic N) is 1. The van der Waals surface area contributed by atoms with Gasteiger partial charge in [0, 0.05) is 9.75 Å². The molecule has 0 saturated carbocycles. The second-order valence-corrected chi connectivity index (χ2v) is 3.62. The number of rotatable bonds is 3. The molecule has 0 aliphatic rings. The van der Waals surface area contributed by atoms with Crippen LogP contribution in [0.3, 0.4) is 0 Å². The molecule has 0 aromatic carbocycles. The highest BCUT2D eigenvalue weighted by Gasteiger charge is 1.93. The zero-order valence-corrected chi connectivity index (χ0v) is 8.54. The number of hydrogen-bond acceptors (Lipinski definition) is 3. The molecule has 74 valence electrons. The van der Waals surface area contributed by atoms with Gasteiger partial charge < -0.3 is 5.73 Å². The number of nitrogens with one attached hydrogen (secondary N) is 1. The van der Waals surface area contributed by atoms with Gasteiger partial charge in [0.1, 0.15) is 0 Å². The van der Waals surface area contributed by atoms with Crippen LogP contribution in [0.25, 0.3) is 6.08 Å². The maximum Gasteiger partial charge on any atom is 0.332 e. The third-order valence-corrected chi connectivity index (χ3v) is 2.33. The number of nitrogens with two attached hydrogens (primary N) is 1. The molecule has 0 spiro atoms. The lowest BCUT2D eigenvalue weighted by Gasteiger charge is -1.88. The minimum atomic E-state index is -0.661. The molecule has 14 heavy (non-hydrogen) atoms. The van der Waals surface area contributed by atoms with Gasteiger partial charge in [0.15, 0.2) is 0 Å². The molecule has 0 aliphatic heterocycles. The predicted molar refractivity (Wildman–Crippen MR) is 59.3 cm³/mol. The summed E-state index contributed by atoms with van der Waals surface area (Å²) >= 11 is 1.58. The van der Waals surface area contributed by atoms with E-state index in [1.54, 1.807) is 17.6 Å². The number of amides is 2. The average molecular weight is 209 g/mol. The molecule has 2 amide bonds. The van der Waals surface area contributed by atoms with Gasteiger partial charge in [-0.25, -0.2) is 10.2 Å². The van der Waals surface area contributed by atoms with E-state index >= 15 is 0 Å². The Balaban J connectivity index is 2.59. The van der Waals surface area contributed by atoms with Gasteiger partial charge >= 0.3 is 6.03 Å². The van der Waals surface area contributed by atoms with Crippen LogP contribution < -0.4 is 11.2 Å². The number of allylic oxidation sites excluding steroid dienone is 1. The van der Waals surface area contributed by atoms with E-state index in [0.29, 0.717) is 0 Å². The van der Waals surface area contributed by atoms with Gasteiger partial charge in [-0.05, 0) is 25.1 Å². The standard InChI is InChI=1S/C9H11N3OS/c1-2-3-7-4-5-8(14-7)6-11-12-9(10)13/h2-6H,1H3,(H3,10,12,13)/b3-2+,11-6+. The van der Waals surface area contributed by atoms with Crippen molar-refractivity contribution in [1.29, 1.82) is 0 Å². The van der Waals surface area contributed by atoms with Crippen molar-refractivity contribution in [2.24, 2.45) is 10.8 Å². The van der Waals surface area contributed by atoms with E-state index in [4.69, 9.17) is 5.73 Å². The molecule has 0 saturated heterocycles. The lowest BCUT2D eigenvalue weighted by Crippen LogP contribution is -2.24. The lowest BCUT2D eigenvalue weighted by molar-refractivity contribution is 0.249. The Kier molecular flexibility index (Phi) is 3.87. The average Bonchev–Trinajstić information content (AvgIpc) is 2.53. The fourth-order valence-electron chi connectivity index (χ4n) is 0.851. The third-order valence-electron chi connectivity index (χ3n) is 1.35.